The maximum Gasteiger partial charge on any atom is 0.266 e. The number of sulfonamides is 1. The average molecular weight is 477 g/mol. The number of amides is 1. The molecule has 3 rings (SSSR count). The molecule has 32 heavy (non-hydrogen) atoms. The Bertz CT molecular complexity index is 1300. The molecule has 1 amide bonds. The smallest absolute Gasteiger partial charge is 0.266 e. The molecule has 0 saturated carbocycles. The van der Waals surface area contributed by atoms with Gasteiger partial charge in [-0.1, -0.05) is 12.1 Å². The molecular formula is C21H18F2N4O3S2. The maximum absolute atomic E-state index is 14.4. The van der Waals surface area contributed by atoms with Crippen molar-refractivity contribution in [2.24, 2.45) is 0 Å². The van der Waals surface area contributed by atoms with E-state index in [2.05, 4.69) is 15.0 Å². The fourth-order valence-corrected chi connectivity index (χ4v) is 4.67. The number of benzene rings is 2. The highest BCUT2D eigenvalue weighted by Gasteiger charge is 2.24. The Kier molecular flexibility index (Phi) is 6.57. The van der Waals surface area contributed by atoms with Crippen LogP contribution in [0.2, 0.25) is 0 Å². The van der Waals surface area contributed by atoms with E-state index in [-0.39, 0.29) is 22.8 Å². The molecular weight excluding hydrogens is 458 g/mol. The van der Waals surface area contributed by atoms with Gasteiger partial charge in [0.25, 0.3) is 15.9 Å². The van der Waals surface area contributed by atoms with Gasteiger partial charge in [-0.05, 0) is 43.7 Å². The fraction of sp³-hybridized carbons (Fsp3) is 0.190. The summed E-state index contributed by atoms with van der Waals surface area (Å²) in [6, 6.07) is 9.28. The summed E-state index contributed by atoms with van der Waals surface area (Å²) in [5.74, 6) is -2.34. The van der Waals surface area contributed by atoms with E-state index in [1.54, 1.807) is 25.3 Å². The van der Waals surface area contributed by atoms with E-state index < -0.39 is 37.9 Å². The standard InChI is InChI=1S/C21H18F2N4O3S2/c1-21(2,12-24)15-5-3-13(9-16(15)22)11-26-19(28)14-4-6-18(17(23)10-14)32(29,30)27-20-25-7-8-31-20/h3-10H,11H2,1-2H3,(H,25,27)(H,26,28). The summed E-state index contributed by atoms with van der Waals surface area (Å²) in [6.07, 6.45) is 1.40. The number of hydrogen-bond donors (Lipinski definition) is 2. The average Bonchev–Trinajstić information content (AvgIpc) is 3.23. The van der Waals surface area contributed by atoms with E-state index in [9.17, 15) is 22.0 Å². The lowest BCUT2D eigenvalue weighted by molar-refractivity contribution is 0.0950. The number of nitrogens with zero attached hydrogens (tertiary/aromatic N) is 2. The Morgan fingerprint density at radius 3 is 2.53 bits per heavy atom. The molecule has 11 heteroatoms. The van der Waals surface area contributed by atoms with Crippen LogP contribution in [-0.2, 0) is 22.0 Å². The lowest BCUT2D eigenvalue weighted by Gasteiger charge is -2.17. The van der Waals surface area contributed by atoms with Gasteiger partial charge in [0.15, 0.2) is 5.13 Å². The zero-order valence-electron chi connectivity index (χ0n) is 17.0. The van der Waals surface area contributed by atoms with Gasteiger partial charge >= 0.3 is 0 Å². The Morgan fingerprint density at radius 1 is 1.19 bits per heavy atom. The van der Waals surface area contributed by atoms with Gasteiger partial charge < -0.3 is 5.32 Å². The zero-order chi connectivity index (χ0) is 23.5. The van der Waals surface area contributed by atoms with Crippen molar-refractivity contribution in [2.75, 3.05) is 4.72 Å². The van der Waals surface area contributed by atoms with Crippen molar-refractivity contribution in [3.63, 3.8) is 0 Å². The van der Waals surface area contributed by atoms with Crippen molar-refractivity contribution in [3.8, 4) is 6.07 Å². The third-order valence-electron chi connectivity index (χ3n) is 4.58. The molecule has 0 aliphatic carbocycles. The molecule has 7 nitrogen and oxygen atoms in total. The Balaban J connectivity index is 1.71. The van der Waals surface area contributed by atoms with Crippen LogP contribution in [-0.4, -0.2) is 19.3 Å². The second-order valence-electron chi connectivity index (χ2n) is 7.32. The van der Waals surface area contributed by atoms with E-state index in [0.29, 0.717) is 5.56 Å². The topological polar surface area (TPSA) is 112 Å². The number of thiazole rings is 1. The molecule has 0 bridgehead atoms. The molecule has 2 N–H and O–H groups in total. The normalized spacial score (nSPS) is 11.6. The molecule has 0 unspecified atom stereocenters. The van der Waals surface area contributed by atoms with Gasteiger partial charge in [-0.3, -0.25) is 9.52 Å². The number of nitrogens with one attached hydrogen (secondary N) is 2. The molecule has 0 aliphatic heterocycles. The Morgan fingerprint density at radius 2 is 1.94 bits per heavy atom. The van der Waals surface area contributed by atoms with Crippen molar-refractivity contribution in [1.82, 2.24) is 10.3 Å². The van der Waals surface area contributed by atoms with Gasteiger partial charge in [0.2, 0.25) is 0 Å². The SMILES string of the molecule is CC(C)(C#N)c1ccc(CNC(=O)c2ccc(S(=O)(=O)Nc3nccs3)c(F)c2)cc1F. The first-order chi connectivity index (χ1) is 15.0. The van der Waals surface area contributed by atoms with Gasteiger partial charge in [-0.2, -0.15) is 5.26 Å². The van der Waals surface area contributed by atoms with E-state index in [1.807, 2.05) is 6.07 Å². The summed E-state index contributed by atoms with van der Waals surface area (Å²) in [5.41, 5.74) is -0.417. The first-order valence-corrected chi connectivity index (χ1v) is 11.6. The summed E-state index contributed by atoms with van der Waals surface area (Å²) in [7, 11) is -4.21. The third-order valence-corrected chi connectivity index (χ3v) is 6.77. The predicted octanol–water partition coefficient (Wildman–Crippen LogP) is 3.95. The maximum atomic E-state index is 14.4. The molecule has 1 heterocycles. The summed E-state index contributed by atoms with van der Waals surface area (Å²) in [6.45, 7) is 3.14. The molecule has 0 aliphatic rings. The van der Waals surface area contributed by atoms with Gasteiger partial charge in [-0.25, -0.2) is 22.2 Å². The second-order valence-corrected chi connectivity index (χ2v) is 9.87. The Hall–Kier alpha value is -3.36. The van der Waals surface area contributed by atoms with Crippen molar-refractivity contribution in [3.05, 3.63) is 76.3 Å². The number of hydrogen-bond acceptors (Lipinski definition) is 6. The van der Waals surface area contributed by atoms with Crippen LogP contribution >= 0.6 is 11.3 Å². The lowest BCUT2D eigenvalue weighted by Crippen LogP contribution is -2.24. The van der Waals surface area contributed by atoms with Crippen LogP contribution in [0, 0.1) is 23.0 Å². The van der Waals surface area contributed by atoms with Crippen LogP contribution in [0.25, 0.3) is 0 Å². The van der Waals surface area contributed by atoms with Crippen molar-refractivity contribution < 1.29 is 22.0 Å². The first kappa shape index (κ1) is 23.3. The minimum atomic E-state index is -4.21. The summed E-state index contributed by atoms with van der Waals surface area (Å²) in [5, 5.41) is 13.3. The minimum absolute atomic E-state index is 0.0453. The molecule has 0 radical (unpaired) electrons. The highest BCUT2D eigenvalue weighted by molar-refractivity contribution is 7.93. The highest BCUT2D eigenvalue weighted by atomic mass is 32.2. The summed E-state index contributed by atoms with van der Waals surface area (Å²) >= 11 is 1.04. The minimum Gasteiger partial charge on any atom is -0.348 e. The largest absolute Gasteiger partial charge is 0.348 e. The third kappa shape index (κ3) is 5.09. The number of rotatable bonds is 7. The molecule has 0 atom stereocenters. The van der Waals surface area contributed by atoms with Crippen LogP contribution in [0.4, 0.5) is 13.9 Å². The van der Waals surface area contributed by atoms with E-state index in [0.717, 1.165) is 23.5 Å². The monoisotopic (exact) mass is 476 g/mol. The highest BCUT2D eigenvalue weighted by Crippen LogP contribution is 2.26. The lowest BCUT2D eigenvalue weighted by atomic mass is 9.85. The van der Waals surface area contributed by atoms with E-state index in [4.69, 9.17) is 5.26 Å². The zero-order valence-corrected chi connectivity index (χ0v) is 18.7. The molecule has 2 aromatic carbocycles. The van der Waals surface area contributed by atoms with Crippen LogP contribution in [0.3, 0.4) is 0 Å². The van der Waals surface area contributed by atoms with Gasteiger partial charge in [-0.15, -0.1) is 11.3 Å². The molecule has 3 aromatic rings. The van der Waals surface area contributed by atoms with Crippen molar-refractivity contribution in [2.45, 2.75) is 30.7 Å². The van der Waals surface area contributed by atoms with Crippen molar-refractivity contribution >= 4 is 32.4 Å². The quantitative estimate of drug-likeness (QED) is 0.536. The van der Waals surface area contributed by atoms with Gasteiger partial charge in [0.05, 0.1) is 11.5 Å². The molecule has 166 valence electrons. The molecule has 0 spiro atoms. The number of nitriles is 1. The fourth-order valence-electron chi connectivity index (χ4n) is 2.82. The number of carbonyl (C=O) groups is 1. The Labute approximate surface area is 187 Å². The number of carbonyl (C=O) groups excluding carboxylic acids is 1. The second kappa shape index (κ2) is 9.02. The van der Waals surface area contributed by atoms with Crippen LogP contribution in [0.5, 0.6) is 0 Å². The summed E-state index contributed by atoms with van der Waals surface area (Å²) < 4.78 is 55.6. The summed E-state index contributed by atoms with van der Waals surface area (Å²) in [4.78, 5) is 15.5. The van der Waals surface area contributed by atoms with Gasteiger partial charge in [0, 0.05) is 29.2 Å². The number of halogens is 2. The van der Waals surface area contributed by atoms with Crippen LogP contribution in [0.15, 0.2) is 52.9 Å². The van der Waals surface area contributed by atoms with Gasteiger partial charge in [0.1, 0.15) is 16.5 Å². The number of aromatic nitrogens is 1. The van der Waals surface area contributed by atoms with E-state index in [1.165, 1.54) is 24.4 Å². The molecule has 1 aromatic heterocycles. The van der Waals surface area contributed by atoms with Crippen LogP contribution in [0.1, 0.15) is 35.3 Å². The van der Waals surface area contributed by atoms with Crippen molar-refractivity contribution in [1.29, 1.82) is 5.26 Å². The predicted molar refractivity (Wildman–Crippen MR) is 116 cm³/mol. The first-order valence-electron chi connectivity index (χ1n) is 9.24. The van der Waals surface area contributed by atoms with E-state index >= 15 is 0 Å². The number of anilines is 1. The van der Waals surface area contributed by atoms with Crippen LogP contribution < -0.4 is 10.0 Å². The molecule has 0 saturated heterocycles. The molecule has 0 fully saturated rings.